The molecule has 0 radical (unpaired) electrons. The quantitative estimate of drug-likeness (QED) is 0.845. The van der Waals surface area contributed by atoms with Crippen LogP contribution in [0.3, 0.4) is 0 Å². The molecule has 1 aromatic heterocycles. The minimum absolute atomic E-state index is 0.180. The number of hydrogen-bond donors (Lipinski definition) is 1. The van der Waals surface area contributed by atoms with Gasteiger partial charge in [-0.05, 0) is 31.2 Å². The van der Waals surface area contributed by atoms with E-state index in [1.54, 1.807) is 36.5 Å². The predicted octanol–water partition coefficient (Wildman–Crippen LogP) is 2.22. The van der Waals surface area contributed by atoms with Crippen molar-refractivity contribution in [2.24, 2.45) is 5.10 Å². The Hall–Kier alpha value is -3.22. The topological polar surface area (TPSA) is 83.9 Å². The van der Waals surface area contributed by atoms with Crippen molar-refractivity contribution >= 4 is 29.0 Å². The zero-order valence-electron chi connectivity index (χ0n) is 13.8. The number of pyridine rings is 1. The van der Waals surface area contributed by atoms with E-state index in [2.05, 4.69) is 15.4 Å². The summed E-state index contributed by atoms with van der Waals surface area (Å²) in [4.78, 5) is 28.7. The first kappa shape index (κ1) is 16.6. The van der Waals surface area contributed by atoms with E-state index in [1.807, 2.05) is 30.3 Å². The van der Waals surface area contributed by atoms with E-state index in [9.17, 15) is 9.59 Å². The molecule has 128 valence electrons. The largest absolute Gasteiger partial charge is 0.461 e. The Balaban J connectivity index is 1.83. The number of amides is 1. The van der Waals surface area contributed by atoms with Gasteiger partial charge in [0.1, 0.15) is 11.8 Å². The van der Waals surface area contributed by atoms with Crippen LogP contribution in [0.25, 0.3) is 0 Å². The van der Waals surface area contributed by atoms with Crippen LogP contribution in [0.2, 0.25) is 0 Å². The number of anilines is 2. The van der Waals surface area contributed by atoms with E-state index < -0.39 is 12.0 Å². The summed E-state index contributed by atoms with van der Waals surface area (Å²) in [6.07, 6.45) is 3.37. The molecule has 1 N–H and O–H groups in total. The SMILES string of the molecule is CCOC(=O)C1=NN(c2ccccc2)C(C(=O)Nc2cccnc2)C1. The number of aromatic nitrogens is 1. The second kappa shape index (κ2) is 7.57. The van der Waals surface area contributed by atoms with Gasteiger partial charge in [-0.1, -0.05) is 18.2 Å². The molecule has 1 amide bonds. The highest BCUT2D eigenvalue weighted by Crippen LogP contribution is 2.25. The molecule has 7 nitrogen and oxygen atoms in total. The van der Waals surface area contributed by atoms with Gasteiger partial charge in [-0.15, -0.1) is 0 Å². The summed E-state index contributed by atoms with van der Waals surface area (Å²) in [7, 11) is 0. The Bertz CT molecular complexity index is 777. The highest BCUT2D eigenvalue weighted by atomic mass is 16.5. The maximum absolute atomic E-state index is 12.7. The van der Waals surface area contributed by atoms with Crippen molar-refractivity contribution in [2.45, 2.75) is 19.4 Å². The molecule has 0 aliphatic carbocycles. The molecule has 1 aliphatic rings. The second-order valence-corrected chi connectivity index (χ2v) is 5.40. The van der Waals surface area contributed by atoms with Gasteiger partial charge < -0.3 is 10.1 Å². The van der Waals surface area contributed by atoms with Crippen LogP contribution < -0.4 is 10.3 Å². The van der Waals surface area contributed by atoms with Gasteiger partial charge in [-0.3, -0.25) is 14.8 Å². The van der Waals surface area contributed by atoms with Crippen molar-refractivity contribution in [3.05, 3.63) is 54.9 Å². The summed E-state index contributed by atoms with van der Waals surface area (Å²) in [5.74, 6) is -0.764. The van der Waals surface area contributed by atoms with Crippen LogP contribution in [0, 0.1) is 0 Å². The van der Waals surface area contributed by atoms with Crippen LogP contribution in [0.5, 0.6) is 0 Å². The van der Waals surface area contributed by atoms with Gasteiger partial charge in [0.15, 0.2) is 0 Å². The molecule has 25 heavy (non-hydrogen) atoms. The summed E-state index contributed by atoms with van der Waals surface area (Å²) >= 11 is 0. The lowest BCUT2D eigenvalue weighted by Crippen LogP contribution is -2.38. The van der Waals surface area contributed by atoms with Gasteiger partial charge in [-0.25, -0.2) is 4.79 Å². The molecule has 1 unspecified atom stereocenters. The summed E-state index contributed by atoms with van der Waals surface area (Å²) in [5.41, 5.74) is 1.55. The van der Waals surface area contributed by atoms with Crippen LogP contribution in [-0.2, 0) is 14.3 Å². The molecule has 2 heterocycles. The lowest BCUT2D eigenvalue weighted by molar-refractivity contribution is -0.135. The van der Waals surface area contributed by atoms with Gasteiger partial charge in [0.05, 0.1) is 24.2 Å². The first-order chi connectivity index (χ1) is 12.2. The summed E-state index contributed by atoms with van der Waals surface area (Å²) < 4.78 is 5.02. The average Bonchev–Trinajstić information content (AvgIpc) is 3.09. The molecule has 0 saturated heterocycles. The van der Waals surface area contributed by atoms with Crippen molar-refractivity contribution in [3.63, 3.8) is 0 Å². The smallest absolute Gasteiger partial charge is 0.354 e. The maximum Gasteiger partial charge on any atom is 0.354 e. The normalized spacial score (nSPS) is 16.3. The number of hydrazone groups is 1. The van der Waals surface area contributed by atoms with Crippen molar-refractivity contribution in [1.82, 2.24) is 4.98 Å². The fourth-order valence-corrected chi connectivity index (χ4v) is 2.53. The first-order valence-corrected chi connectivity index (χ1v) is 7.99. The molecular weight excluding hydrogens is 320 g/mol. The number of para-hydroxylation sites is 1. The highest BCUT2D eigenvalue weighted by molar-refractivity contribution is 6.38. The fourth-order valence-electron chi connectivity index (χ4n) is 2.53. The van der Waals surface area contributed by atoms with Gasteiger partial charge in [-0.2, -0.15) is 5.10 Å². The minimum atomic E-state index is -0.637. The van der Waals surface area contributed by atoms with Crippen LogP contribution in [0.4, 0.5) is 11.4 Å². The zero-order chi connectivity index (χ0) is 17.6. The first-order valence-electron chi connectivity index (χ1n) is 7.99. The van der Waals surface area contributed by atoms with Crippen LogP contribution in [0.15, 0.2) is 60.0 Å². The molecule has 1 aromatic carbocycles. The van der Waals surface area contributed by atoms with E-state index in [0.29, 0.717) is 5.69 Å². The standard InChI is InChI=1S/C18H18N4O3/c1-2-25-18(24)15-11-16(17(23)20-13-7-6-10-19-12-13)22(21-15)14-8-4-3-5-9-14/h3-10,12,16H,2,11H2,1H3,(H,20,23). The Morgan fingerprint density at radius 3 is 2.72 bits per heavy atom. The molecule has 1 aliphatic heterocycles. The maximum atomic E-state index is 12.7. The molecule has 3 rings (SSSR count). The van der Waals surface area contributed by atoms with Crippen molar-refractivity contribution in [3.8, 4) is 0 Å². The molecule has 0 fully saturated rings. The van der Waals surface area contributed by atoms with Gasteiger partial charge in [0, 0.05) is 12.6 Å². The number of carbonyl (C=O) groups excluding carboxylic acids is 2. The third kappa shape index (κ3) is 3.82. The number of rotatable bonds is 5. The number of hydrogen-bond acceptors (Lipinski definition) is 6. The minimum Gasteiger partial charge on any atom is -0.461 e. The summed E-state index contributed by atoms with van der Waals surface area (Å²) in [6.45, 7) is 1.99. The molecule has 7 heteroatoms. The zero-order valence-corrected chi connectivity index (χ0v) is 13.8. The molecular formula is C18H18N4O3. The second-order valence-electron chi connectivity index (χ2n) is 5.40. The van der Waals surface area contributed by atoms with E-state index in [-0.39, 0.29) is 24.6 Å². The highest BCUT2D eigenvalue weighted by Gasteiger charge is 2.36. The Kier molecular flexibility index (Phi) is 5.03. The molecule has 1 atom stereocenters. The molecule has 0 saturated carbocycles. The number of benzene rings is 1. The third-order valence-electron chi connectivity index (χ3n) is 3.67. The van der Waals surface area contributed by atoms with Crippen molar-refractivity contribution in [1.29, 1.82) is 0 Å². The fraction of sp³-hybridized carbons (Fsp3) is 0.222. The average molecular weight is 338 g/mol. The number of esters is 1. The van der Waals surface area contributed by atoms with Crippen LogP contribution >= 0.6 is 0 Å². The van der Waals surface area contributed by atoms with Crippen LogP contribution in [-0.4, -0.2) is 35.2 Å². The van der Waals surface area contributed by atoms with Gasteiger partial charge in [0.2, 0.25) is 5.91 Å². The number of nitrogens with one attached hydrogen (secondary N) is 1. The van der Waals surface area contributed by atoms with Crippen molar-refractivity contribution in [2.75, 3.05) is 16.9 Å². The Labute approximate surface area is 145 Å². The van der Waals surface area contributed by atoms with E-state index in [1.165, 1.54) is 0 Å². The summed E-state index contributed by atoms with van der Waals surface area (Å²) in [5, 5.41) is 8.68. The van der Waals surface area contributed by atoms with Crippen LogP contribution in [0.1, 0.15) is 13.3 Å². The monoisotopic (exact) mass is 338 g/mol. The third-order valence-corrected chi connectivity index (χ3v) is 3.67. The molecule has 0 bridgehead atoms. The lowest BCUT2D eigenvalue weighted by Gasteiger charge is -2.22. The lowest BCUT2D eigenvalue weighted by atomic mass is 10.1. The number of ether oxygens (including phenoxy) is 1. The Morgan fingerprint density at radius 2 is 2.04 bits per heavy atom. The molecule has 2 aromatic rings. The Morgan fingerprint density at radius 1 is 1.24 bits per heavy atom. The van der Waals surface area contributed by atoms with Crippen molar-refractivity contribution < 1.29 is 14.3 Å². The van der Waals surface area contributed by atoms with Gasteiger partial charge >= 0.3 is 5.97 Å². The predicted molar refractivity (Wildman–Crippen MR) is 94.3 cm³/mol. The molecule has 0 spiro atoms. The van der Waals surface area contributed by atoms with E-state index in [0.717, 1.165) is 5.69 Å². The van der Waals surface area contributed by atoms with Gasteiger partial charge in [0.25, 0.3) is 0 Å². The summed E-state index contributed by atoms with van der Waals surface area (Å²) in [6, 6.07) is 12.1. The van der Waals surface area contributed by atoms with E-state index in [4.69, 9.17) is 4.74 Å². The number of carbonyl (C=O) groups is 2. The number of nitrogens with zero attached hydrogens (tertiary/aromatic N) is 3. The van der Waals surface area contributed by atoms with E-state index >= 15 is 0 Å².